The lowest BCUT2D eigenvalue weighted by molar-refractivity contribution is -0.145. The summed E-state index contributed by atoms with van der Waals surface area (Å²) in [7, 11) is 1.34. The van der Waals surface area contributed by atoms with E-state index in [1.165, 1.54) is 7.11 Å². The summed E-state index contributed by atoms with van der Waals surface area (Å²) in [5.74, 6) is -0.330. The summed E-state index contributed by atoms with van der Waals surface area (Å²) in [6.45, 7) is 4.20. The van der Waals surface area contributed by atoms with E-state index in [4.69, 9.17) is 4.74 Å². The summed E-state index contributed by atoms with van der Waals surface area (Å²) < 4.78 is 9.34. The fourth-order valence-electron chi connectivity index (χ4n) is 0.544. The van der Waals surface area contributed by atoms with Crippen molar-refractivity contribution in [1.82, 2.24) is 0 Å². The van der Waals surface area contributed by atoms with Gasteiger partial charge in [0.15, 0.2) is 0 Å². The van der Waals surface area contributed by atoms with Gasteiger partial charge in [-0.15, -0.1) is 6.58 Å². The second-order valence-electron chi connectivity index (χ2n) is 2.06. The van der Waals surface area contributed by atoms with Gasteiger partial charge in [-0.1, -0.05) is 6.08 Å². The number of carbonyl (C=O) groups is 1. The number of rotatable bonds is 6. The van der Waals surface area contributed by atoms with Crippen LogP contribution in [-0.4, -0.2) is 26.3 Å². The van der Waals surface area contributed by atoms with Crippen LogP contribution in [0.15, 0.2) is 12.7 Å². The first-order chi connectivity index (χ1) is 5.31. The van der Waals surface area contributed by atoms with Gasteiger partial charge in [0, 0.05) is 6.61 Å². The molecule has 0 aliphatic rings. The molecule has 11 heavy (non-hydrogen) atoms. The molecular formula is C8H14O3. The molecule has 0 amide bonds. The van der Waals surface area contributed by atoms with Crippen LogP contribution in [0.25, 0.3) is 0 Å². The van der Waals surface area contributed by atoms with E-state index in [9.17, 15) is 4.79 Å². The third-order valence-corrected chi connectivity index (χ3v) is 1.14. The molecule has 0 aliphatic carbocycles. The number of hydrogen-bond donors (Lipinski definition) is 0. The maximum absolute atomic E-state index is 10.5. The third kappa shape index (κ3) is 7.06. The average molecular weight is 158 g/mol. The number of carbonyl (C=O) groups excluding carboxylic acids is 1. The van der Waals surface area contributed by atoms with E-state index >= 15 is 0 Å². The monoisotopic (exact) mass is 158 g/mol. The molecule has 0 aromatic heterocycles. The lowest BCUT2D eigenvalue weighted by atomic mass is 10.3. The van der Waals surface area contributed by atoms with Crippen LogP contribution in [0.3, 0.4) is 0 Å². The van der Waals surface area contributed by atoms with Crippen molar-refractivity contribution in [2.45, 2.75) is 12.8 Å². The Morgan fingerprint density at radius 3 is 2.91 bits per heavy atom. The summed E-state index contributed by atoms with van der Waals surface area (Å²) in [6, 6.07) is 0. The molecule has 0 saturated carbocycles. The summed E-state index contributed by atoms with van der Waals surface area (Å²) in [5, 5.41) is 0. The van der Waals surface area contributed by atoms with E-state index in [2.05, 4.69) is 11.3 Å². The second kappa shape index (κ2) is 7.28. The van der Waals surface area contributed by atoms with Gasteiger partial charge in [0.1, 0.15) is 6.61 Å². The summed E-state index contributed by atoms with van der Waals surface area (Å²) in [4.78, 5) is 10.5. The molecule has 64 valence electrons. The van der Waals surface area contributed by atoms with E-state index in [1.807, 2.05) is 6.08 Å². The number of esters is 1. The van der Waals surface area contributed by atoms with Crippen LogP contribution in [0.2, 0.25) is 0 Å². The minimum atomic E-state index is -0.330. The first kappa shape index (κ1) is 10.2. The van der Waals surface area contributed by atoms with Gasteiger partial charge >= 0.3 is 5.97 Å². The summed E-state index contributed by atoms with van der Waals surface area (Å²) in [6.07, 6.45) is 3.64. The second-order valence-corrected chi connectivity index (χ2v) is 2.06. The van der Waals surface area contributed by atoms with Crippen LogP contribution in [0.5, 0.6) is 0 Å². The van der Waals surface area contributed by atoms with Gasteiger partial charge in [0.25, 0.3) is 0 Å². The van der Waals surface area contributed by atoms with Crippen LogP contribution in [0.4, 0.5) is 0 Å². The zero-order chi connectivity index (χ0) is 8.53. The molecule has 0 saturated heterocycles. The molecule has 0 aromatic carbocycles. The quantitative estimate of drug-likeness (QED) is 0.330. The normalized spacial score (nSPS) is 9.18. The number of hydrogen-bond acceptors (Lipinski definition) is 3. The van der Waals surface area contributed by atoms with Gasteiger partial charge in [-0.2, -0.15) is 0 Å². The lowest BCUT2D eigenvalue weighted by Gasteiger charge is -2.00. The summed E-state index contributed by atoms with van der Waals surface area (Å²) >= 11 is 0. The molecule has 0 aliphatic heterocycles. The Bertz CT molecular complexity index is 121. The van der Waals surface area contributed by atoms with Crippen molar-refractivity contribution >= 4 is 5.97 Å². The van der Waals surface area contributed by atoms with E-state index in [-0.39, 0.29) is 12.6 Å². The highest BCUT2D eigenvalue weighted by Gasteiger charge is 1.97. The molecule has 0 radical (unpaired) electrons. The first-order valence-electron chi connectivity index (χ1n) is 3.56. The van der Waals surface area contributed by atoms with Crippen LogP contribution >= 0.6 is 0 Å². The Morgan fingerprint density at radius 2 is 2.36 bits per heavy atom. The molecule has 0 heterocycles. The van der Waals surface area contributed by atoms with E-state index in [0.717, 1.165) is 12.8 Å². The van der Waals surface area contributed by atoms with Gasteiger partial charge in [-0.05, 0) is 12.8 Å². The Hall–Kier alpha value is -0.830. The van der Waals surface area contributed by atoms with Gasteiger partial charge in [0.2, 0.25) is 0 Å². The van der Waals surface area contributed by atoms with Gasteiger partial charge in [-0.3, -0.25) is 0 Å². The Labute approximate surface area is 67.0 Å². The van der Waals surface area contributed by atoms with Crippen molar-refractivity contribution in [3.63, 3.8) is 0 Å². The highest BCUT2D eigenvalue weighted by Crippen LogP contribution is 1.90. The molecular weight excluding hydrogens is 144 g/mol. The summed E-state index contributed by atoms with van der Waals surface area (Å²) in [5.41, 5.74) is 0. The molecule has 0 aromatic rings. The van der Waals surface area contributed by atoms with Gasteiger partial charge in [-0.25, -0.2) is 4.79 Å². The topological polar surface area (TPSA) is 35.5 Å². The number of methoxy groups -OCH3 is 1. The van der Waals surface area contributed by atoms with Crippen LogP contribution in [0.1, 0.15) is 12.8 Å². The third-order valence-electron chi connectivity index (χ3n) is 1.14. The maximum Gasteiger partial charge on any atom is 0.331 e. The van der Waals surface area contributed by atoms with Crippen LogP contribution in [-0.2, 0) is 14.3 Å². The molecule has 0 rings (SSSR count). The number of unbranched alkanes of at least 4 members (excludes halogenated alkanes) is 1. The predicted octanol–water partition coefficient (Wildman–Crippen LogP) is 1.14. The first-order valence-corrected chi connectivity index (χ1v) is 3.56. The standard InChI is InChI=1S/C8H14O3/c1-3-4-5-6-11-7-8(9)10-2/h3H,1,4-7H2,2H3. The minimum absolute atomic E-state index is 0.0492. The zero-order valence-corrected chi connectivity index (χ0v) is 6.84. The Morgan fingerprint density at radius 1 is 1.64 bits per heavy atom. The van der Waals surface area contributed by atoms with Crippen molar-refractivity contribution in [2.24, 2.45) is 0 Å². The van der Waals surface area contributed by atoms with Crippen LogP contribution in [0, 0.1) is 0 Å². The van der Waals surface area contributed by atoms with Crippen molar-refractivity contribution in [1.29, 1.82) is 0 Å². The van der Waals surface area contributed by atoms with Crippen LogP contribution < -0.4 is 0 Å². The van der Waals surface area contributed by atoms with Gasteiger partial charge < -0.3 is 9.47 Å². The molecule has 0 bridgehead atoms. The fraction of sp³-hybridized carbons (Fsp3) is 0.625. The molecule has 3 heteroatoms. The Kier molecular flexibility index (Phi) is 6.73. The van der Waals surface area contributed by atoms with Crippen molar-refractivity contribution < 1.29 is 14.3 Å². The molecule has 0 spiro atoms. The predicted molar refractivity (Wildman–Crippen MR) is 42.3 cm³/mol. The minimum Gasteiger partial charge on any atom is -0.467 e. The molecule has 3 nitrogen and oxygen atoms in total. The molecule has 0 fully saturated rings. The largest absolute Gasteiger partial charge is 0.467 e. The average Bonchev–Trinajstić information content (AvgIpc) is 2.04. The highest BCUT2D eigenvalue weighted by molar-refractivity contribution is 5.70. The molecule has 0 unspecified atom stereocenters. The van der Waals surface area contributed by atoms with Crippen molar-refractivity contribution in [3.8, 4) is 0 Å². The SMILES string of the molecule is C=CCCCOCC(=O)OC. The van der Waals surface area contributed by atoms with Crippen molar-refractivity contribution in [3.05, 3.63) is 12.7 Å². The Balaban J connectivity index is 3.01. The van der Waals surface area contributed by atoms with E-state index in [1.54, 1.807) is 0 Å². The molecule has 0 N–H and O–H groups in total. The number of ether oxygens (including phenoxy) is 2. The molecule has 0 atom stereocenters. The van der Waals surface area contributed by atoms with E-state index < -0.39 is 0 Å². The highest BCUT2D eigenvalue weighted by atomic mass is 16.6. The lowest BCUT2D eigenvalue weighted by Crippen LogP contribution is -2.10. The maximum atomic E-state index is 10.5. The van der Waals surface area contributed by atoms with Gasteiger partial charge in [0.05, 0.1) is 7.11 Å². The zero-order valence-electron chi connectivity index (χ0n) is 6.84. The van der Waals surface area contributed by atoms with E-state index in [0.29, 0.717) is 6.61 Å². The number of allylic oxidation sites excluding steroid dienone is 1. The van der Waals surface area contributed by atoms with Crippen molar-refractivity contribution in [2.75, 3.05) is 20.3 Å². The fourth-order valence-corrected chi connectivity index (χ4v) is 0.544. The smallest absolute Gasteiger partial charge is 0.331 e.